The minimum Gasteiger partial charge on any atom is -0.302 e. The van der Waals surface area contributed by atoms with Gasteiger partial charge in [0.05, 0.1) is 11.7 Å². The highest BCUT2D eigenvalue weighted by molar-refractivity contribution is 6.05. The normalized spacial score (nSPS) is 23.9. The minimum absolute atomic E-state index is 0.140. The topological polar surface area (TPSA) is 36.4 Å². The van der Waals surface area contributed by atoms with Crippen LogP contribution in [0.3, 0.4) is 0 Å². The van der Waals surface area contributed by atoms with E-state index in [1.165, 1.54) is 31.4 Å². The van der Waals surface area contributed by atoms with Crippen molar-refractivity contribution >= 4 is 11.9 Å². The Labute approximate surface area is 184 Å². The minimum atomic E-state index is -0.487. The zero-order valence-corrected chi connectivity index (χ0v) is 18.6. The number of benzene rings is 1. The first-order valence-electron chi connectivity index (χ1n) is 11.3. The van der Waals surface area contributed by atoms with E-state index < -0.39 is 5.41 Å². The van der Waals surface area contributed by atoms with Crippen LogP contribution in [0.15, 0.2) is 54.2 Å². The van der Waals surface area contributed by atoms with Crippen molar-refractivity contribution in [2.24, 2.45) is 5.41 Å². The van der Waals surface area contributed by atoms with Crippen LogP contribution in [0.4, 0.5) is 4.39 Å². The number of Topliss-reactive ketones (excluding diaryl/α,β-unsaturated/α-hetero) is 1. The van der Waals surface area contributed by atoms with Crippen LogP contribution in [0, 0.1) is 11.2 Å². The Bertz CT molecular complexity index is 917. The standard InChI is InChI=1S/C26H32FN3O/c1-26(2)19-30(17-16-29-14-6-3-7-15-29)24(20-9-11-21(27)12-10-20)23(25(26)31)18-22-8-4-5-13-28-22/h4-5,8-13,18,24H,3,6-7,14-17,19H2,1-2H3/b23-18+. The van der Waals surface area contributed by atoms with E-state index in [0.29, 0.717) is 6.54 Å². The van der Waals surface area contributed by atoms with Crippen molar-refractivity contribution in [2.45, 2.75) is 39.2 Å². The molecular formula is C26H32FN3O. The van der Waals surface area contributed by atoms with Crippen molar-refractivity contribution in [3.8, 4) is 0 Å². The first kappa shape index (κ1) is 21.8. The van der Waals surface area contributed by atoms with Crippen molar-refractivity contribution in [1.29, 1.82) is 0 Å². The molecule has 5 heteroatoms. The number of piperidine rings is 2. The first-order chi connectivity index (χ1) is 14.9. The van der Waals surface area contributed by atoms with Gasteiger partial charge in [-0.3, -0.25) is 14.7 Å². The quantitative estimate of drug-likeness (QED) is 0.654. The Kier molecular flexibility index (Phi) is 6.63. The third-order valence-corrected chi connectivity index (χ3v) is 6.46. The van der Waals surface area contributed by atoms with Gasteiger partial charge in [0.1, 0.15) is 5.82 Å². The van der Waals surface area contributed by atoms with Gasteiger partial charge in [-0.1, -0.05) is 38.5 Å². The molecule has 1 atom stereocenters. The highest BCUT2D eigenvalue weighted by Crippen LogP contribution is 2.41. The number of ketones is 1. The smallest absolute Gasteiger partial charge is 0.167 e. The van der Waals surface area contributed by atoms with Crippen molar-refractivity contribution in [2.75, 3.05) is 32.7 Å². The average molecular weight is 422 g/mol. The molecule has 2 aromatic rings. The van der Waals surface area contributed by atoms with Gasteiger partial charge < -0.3 is 4.90 Å². The lowest BCUT2D eigenvalue weighted by molar-refractivity contribution is -0.128. The predicted octanol–water partition coefficient (Wildman–Crippen LogP) is 4.74. The summed E-state index contributed by atoms with van der Waals surface area (Å²) in [5, 5.41) is 0. The number of hydrogen-bond donors (Lipinski definition) is 0. The first-order valence-corrected chi connectivity index (χ1v) is 11.3. The van der Waals surface area contributed by atoms with E-state index in [-0.39, 0.29) is 17.6 Å². The van der Waals surface area contributed by atoms with Gasteiger partial charge in [0.2, 0.25) is 0 Å². The fourth-order valence-corrected chi connectivity index (χ4v) is 4.84. The summed E-state index contributed by atoms with van der Waals surface area (Å²) < 4.78 is 13.7. The van der Waals surface area contributed by atoms with Gasteiger partial charge in [0.15, 0.2) is 5.78 Å². The van der Waals surface area contributed by atoms with E-state index in [0.717, 1.165) is 43.0 Å². The van der Waals surface area contributed by atoms with Crippen LogP contribution >= 0.6 is 0 Å². The Morgan fingerprint density at radius 3 is 2.48 bits per heavy atom. The highest BCUT2D eigenvalue weighted by Gasteiger charge is 2.43. The summed E-state index contributed by atoms with van der Waals surface area (Å²) in [6.07, 6.45) is 7.50. The molecule has 0 saturated carbocycles. The van der Waals surface area contributed by atoms with Crippen molar-refractivity contribution in [3.63, 3.8) is 0 Å². The average Bonchev–Trinajstić information content (AvgIpc) is 2.78. The highest BCUT2D eigenvalue weighted by atomic mass is 19.1. The van der Waals surface area contributed by atoms with Crippen LogP contribution in [0.1, 0.15) is 50.4 Å². The molecule has 2 aliphatic rings. The molecule has 164 valence electrons. The van der Waals surface area contributed by atoms with E-state index in [2.05, 4.69) is 14.8 Å². The predicted molar refractivity (Wildman–Crippen MR) is 122 cm³/mol. The van der Waals surface area contributed by atoms with Crippen molar-refractivity contribution < 1.29 is 9.18 Å². The van der Waals surface area contributed by atoms with Crippen molar-refractivity contribution in [3.05, 3.63) is 71.3 Å². The summed E-state index contributed by atoms with van der Waals surface area (Å²) in [6.45, 7) is 8.88. The molecule has 4 rings (SSSR count). The van der Waals surface area contributed by atoms with Crippen LogP contribution < -0.4 is 0 Å². The Morgan fingerprint density at radius 2 is 1.81 bits per heavy atom. The summed E-state index contributed by atoms with van der Waals surface area (Å²) in [6, 6.07) is 12.1. The van der Waals surface area contributed by atoms with Gasteiger partial charge in [-0.15, -0.1) is 0 Å². The lowest BCUT2D eigenvalue weighted by atomic mass is 9.74. The maximum Gasteiger partial charge on any atom is 0.167 e. The van der Waals surface area contributed by atoms with Crippen LogP contribution in [0.5, 0.6) is 0 Å². The zero-order chi connectivity index (χ0) is 21.8. The molecule has 0 N–H and O–H groups in total. The lowest BCUT2D eigenvalue weighted by Crippen LogP contribution is -2.51. The molecule has 2 aliphatic heterocycles. The second kappa shape index (κ2) is 9.41. The molecule has 2 fully saturated rings. The summed E-state index contributed by atoms with van der Waals surface area (Å²) in [7, 11) is 0. The molecule has 3 heterocycles. The van der Waals surface area contributed by atoms with Crippen LogP contribution in [-0.4, -0.2) is 53.3 Å². The summed E-state index contributed by atoms with van der Waals surface area (Å²) in [4.78, 5) is 22.9. The maximum absolute atomic E-state index is 13.7. The van der Waals surface area contributed by atoms with E-state index in [4.69, 9.17) is 0 Å². The van der Waals surface area contributed by atoms with E-state index >= 15 is 0 Å². The molecule has 0 spiro atoms. The molecular weight excluding hydrogens is 389 g/mol. The Balaban J connectivity index is 1.71. The molecule has 0 bridgehead atoms. The molecule has 31 heavy (non-hydrogen) atoms. The Hall–Kier alpha value is -2.37. The fraction of sp³-hybridized carbons (Fsp3) is 0.462. The van der Waals surface area contributed by atoms with Gasteiger partial charge in [-0.05, 0) is 61.8 Å². The molecule has 0 radical (unpaired) electrons. The van der Waals surface area contributed by atoms with E-state index in [9.17, 15) is 9.18 Å². The Morgan fingerprint density at radius 1 is 1.06 bits per heavy atom. The van der Waals surface area contributed by atoms with Gasteiger partial charge >= 0.3 is 0 Å². The van der Waals surface area contributed by atoms with E-state index in [1.54, 1.807) is 6.20 Å². The number of hydrogen-bond acceptors (Lipinski definition) is 4. The monoisotopic (exact) mass is 421 g/mol. The zero-order valence-electron chi connectivity index (χ0n) is 18.6. The number of nitrogens with zero attached hydrogens (tertiary/aromatic N) is 3. The number of rotatable bonds is 5. The number of halogens is 1. The number of pyridine rings is 1. The number of likely N-dealkylation sites (tertiary alicyclic amines) is 2. The van der Waals surface area contributed by atoms with Crippen LogP contribution in [0.2, 0.25) is 0 Å². The molecule has 1 aromatic heterocycles. The number of carbonyl (C=O) groups is 1. The molecule has 1 aromatic carbocycles. The van der Waals surface area contributed by atoms with Gasteiger partial charge in [-0.2, -0.15) is 0 Å². The second-order valence-electron chi connectivity index (χ2n) is 9.39. The summed E-state index contributed by atoms with van der Waals surface area (Å²) in [5.41, 5.74) is 1.97. The van der Waals surface area contributed by atoms with Crippen molar-refractivity contribution in [1.82, 2.24) is 14.8 Å². The maximum atomic E-state index is 13.7. The number of carbonyl (C=O) groups excluding carboxylic acids is 1. The fourth-order valence-electron chi connectivity index (χ4n) is 4.84. The second-order valence-corrected chi connectivity index (χ2v) is 9.39. The van der Waals surface area contributed by atoms with Crippen LogP contribution in [-0.2, 0) is 4.79 Å². The van der Waals surface area contributed by atoms with Crippen LogP contribution in [0.25, 0.3) is 6.08 Å². The third-order valence-electron chi connectivity index (χ3n) is 6.46. The summed E-state index contributed by atoms with van der Waals surface area (Å²) >= 11 is 0. The molecule has 0 amide bonds. The molecule has 4 nitrogen and oxygen atoms in total. The SMILES string of the molecule is CC1(C)CN(CCN2CCCCC2)C(c2ccc(F)cc2)/C(=C\c2ccccn2)C1=O. The number of aromatic nitrogens is 1. The van der Waals surface area contributed by atoms with Gasteiger partial charge in [0, 0.05) is 36.8 Å². The third kappa shape index (κ3) is 5.10. The van der Waals surface area contributed by atoms with E-state index in [1.807, 2.05) is 50.3 Å². The molecule has 2 saturated heterocycles. The molecule has 1 unspecified atom stereocenters. The lowest BCUT2D eigenvalue weighted by Gasteiger charge is -2.45. The molecule has 0 aliphatic carbocycles. The largest absolute Gasteiger partial charge is 0.302 e. The van der Waals surface area contributed by atoms with Gasteiger partial charge in [0.25, 0.3) is 0 Å². The van der Waals surface area contributed by atoms with Gasteiger partial charge in [-0.25, -0.2) is 4.39 Å². The summed E-state index contributed by atoms with van der Waals surface area (Å²) in [5.74, 6) is -0.122.